The van der Waals surface area contributed by atoms with Gasteiger partial charge in [0.05, 0.1) is 10.6 Å². The predicted octanol–water partition coefficient (Wildman–Crippen LogP) is 4.68. The molecule has 0 spiro atoms. The Morgan fingerprint density at radius 2 is 1.89 bits per heavy atom. The molecule has 0 aliphatic rings. The average Bonchev–Trinajstić information content (AvgIpc) is 2.40. The molecule has 2 rings (SSSR count). The van der Waals surface area contributed by atoms with E-state index >= 15 is 0 Å². The van der Waals surface area contributed by atoms with Crippen molar-refractivity contribution >= 4 is 23.0 Å². The minimum Gasteiger partial charge on any atom is -0.342 e. The van der Waals surface area contributed by atoms with E-state index in [0.29, 0.717) is 10.6 Å². The van der Waals surface area contributed by atoms with Gasteiger partial charge < -0.3 is 4.90 Å². The quantitative estimate of drug-likeness (QED) is 0.810. The highest BCUT2D eigenvalue weighted by molar-refractivity contribution is 6.32. The van der Waals surface area contributed by atoms with Crippen LogP contribution in [0.15, 0.2) is 42.5 Å². The fraction of sp³-hybridized carbons (Fsp3) is 0.188. The molecule has 96 valence electrons. The van der Waals surface area contributed by atoms with Crippen LogP contribution >= 0.6 is 11.6 Å². The lowest BCUT2D eigenvalue weighted by Gasteiger charge is -2.24. The highest BCUT2D eigenvalue weighted by Gasteiger charge is 2.09. The molecular formula is C16H15ClN2. The molecule has 0 amide bonds. The van der Waals surface area contributed by atoms with Crippen molar-refractivity contribution in [2.24, 2.45) is 0 Å². The molecule has 2 aromatic rings. The molecule has 19 heavy (non-hydrogen) atoms. The summed E-state index contributed by atoms with van der Waals surface area (Å²) in [5.74, 6) is 0. The lowest BCUT2D eigenvalue weighted by atomic mass is 10.1. The molecule has 2 nitrogen and oxygen atoms in total. The molecule has 0 bridgehead atoms. The molecule has 2 aromatic carbocycles. The van der Waals surface area contributed by atoms with Crippen LogP contribution in [0.1, 0.15) is 18.1 Å². The maximum absolute atomic E-state index is 8.91. The maximum atomic E-state index is 8.91. The summed E-state index contributed by atoms with van der Waals surface area (Å²) in [7, 11) is 0. The van der Waals surface area contributed by atoms with Crippen LogP contribution in [-0.4, -0.2) is 6.54 Å². The zero-order chi connectivity index (χ0) is 13.8. The van der Waals surface area contributed by atoms with Crippen molar-refractivity contribution < 1.29 is 0 Å². The largest absolute Gasteiger partial charge is 0.342 e. The van der Waals surface area contributed by atoms with Gasteiger partial charge in [-0.3, -0.25) is 0 Å². The van der Waals surface area contributed by atoms with Gasteiger partial charge in [-0.05, 0) is 49.7 Å². The molecule has 0 fully saturated rings. The van der Waals surface area contributed by atoms with E-state index in [-0.39, 0.29) is 0 Å². The number of benzene rings is 2. The van der Waals surface area contributed by atoms with E-state index in [1.54, 1.807) is 6.07 Å². The van der Waals surface area contributed by atoms with Crippen molar-refractivity contribution in [2.45, 2.75) is 13.8 Å². The van der Waals surface area contributed by atoms with Gasteiger partial charge in [-0.15, -0.1) is 0 Å². The van der Waals surface area contributed by atoms with Gasteiger partial charge in [0.15, 0.2) is 0 Å². The van der Waals surface area contributed by atoms with Crippen LogP contribution in [-0.2, 0) is 0 Å². The second-order valence-corrected chi connectivity index (χ2v) is 4.77. The van der Waals surface area contributed by atoms with Gasteiger partial charge >= 0.3 is 0 Å². The van der Waals surface area contributed by atoms with Gasteiger partial charge in [0.25, 0.3) is 0 Å². The van der Waals surface area contributed by atoms with Crippen molar-refractivity contribution in [1.82, 2.24) is 0 Å². The fourth-order valence-corrected chi connectivity index (χ4v) is 2.29. The monoisotopic (exact) mass is 270 g/mol. The zero-order valence-electron chi connectivity index (χ0n) is 11.0. The summed E-state index contributed by atoms with van der Waals surface area (Å²) in [6.07, 6.45) is 0. The average molecular weight is 271 g/mol. The second kappa shape index (κ2) is 5.77. The molecule has 0 radical (unpaired) electrons. The number of halogens is 1. The van der Waals surface area contributed by atoms with Crippen molar-refractivity contribution in [3.8, 4) is 6.07 Å². The van der Waals surface area contributed by atoms with Crippen molar-refractivity contribution in [3.63, 3.8) is 0 Å². The normalized spacial score (nSPS) is 10.0. The summed E-state index contributed by atoms with van der Waals surface area (Å²) in [6.45, 7) is 5.00. The molecule has 3 heteroatoms. The highest BCUT2D eigenvalue weighted by Crippen LogP contribution is 2.29. The van der Waals surface area contributed by atoms with Gasteiger partial charge in [-0.1, -0.05) is 23.7 Å². The minimum absolute atomic E-state index is 0.492. The summed E-state index contributed by atoms with van der Waals surface area (Å²) in [5, 5.41) is 9.40. The Morgan fingerprint density at radius 3 is 2.47 bits per heavy atom. The first-order valence-electron chi connectivity index (χ1n) is 6.19. The smallest absolute Gasteiger partial charge is 0.101 e. The molecule has 0 aromatic heterocycles. The third-order valence-electron chi connectivity index (χ3n) is 3.01. The Labute approximate surface area is 118 Å². The lowest BCUT2D eigenvalue weighted by Crippen LogP contribution is -2.16. The minimum atomic E-state index is 0.492. The van der Waals surface area contributed by atoms with E-state index in [9.17, 15) is 0 Å². The first-order chi connectivity index (χ1) is 9.15. The van der Waals surface area contributed by atoms with Gasteiger partial charge in [0.1, 0.15) is 6.07 Å². The molecule has 0 aliphatic heterocycles. The number of rotatable bonds is 3. The number of nitrogens with zero attached hydrogens (tertiary/aromatic N) is 2. The number of hydrogen-bond donors (Lipinski definition) is 0. The molecule has 0 atom stereocenters. The molecule has 0 saturated heterocycles. The topological polar surface area (TPSA) is 27.0 Å². The fourth-order valence-electron chi connectivity index (χ4n) is 2.07. The summed E-state index contributed by atoms with van der Waals surface area (Å²) in [6, 6.07) is 15.9. The number of aryl methyl sites for hydroxylation is 1. The van der Waals surface area contributed by atoms with E-state index in [1.165, 1.54) is 5.56 Å². The van der Waals surface area contributed by atoms with E-state index in [2.05, 4.69) is 43.0 Å². The Balaban J connectivity index is 2.43. The van der Waals surface area contributed by atoms with Crippen molar-refractivity contribution in [2.75, 3.05) is 11.4 Å². The summed E-state index contributed by atoms with van der Waals surface area (Å²) in [5.41, 5.74) is 3.85. The van der Waals surface area contributed by atoms with E-state index in [0.717, 1.165) is 17.9 Å². The Hall–Kier alpha value is -1.98. The van der Waals surface area contributed by atoms with Crippen molar-refractivity contribution in [3.05, 3.63) is 58.6 Å². The van der Waals surface area contributed by atoms with Crippen LogP contribution in [0.4, 0.5) is 11.4 Å². The number of nitriles is 1. The molecule has 0 aliphatic carbocycles. The zero-order valence-corrected chi connectivity index (χ0v) is 11.8. The Bertz CT molecular complexity index is 629. The van der Waals surface area contributed by atoms with Crippen LogP contribution in [0.5, 0.6) is 0 Å². The second-order valence-electron chi connectivity index (χ2n) is 4.36. The molecule has 0 saturated carbocycles. The standard InChI is InChI=1S/C16H15ClN2/c1-3-19(14-6-4-5-12(2)9-14)15-8-7-13(11-18)16(17)10-15/h4-10H,3H2,1-2H3. The number of anilines is 2. The first-order valence-corrected chi connectivity index (χ1v) is 6.57. The summed E-state index contributed by atoms with van der Waals surface area (Å²) >= 11 is 6.10. The van der Waals surface area contributed by atoms with Crippen molar-refractivity contribution in [1.29, 1.82) is 5.26 Å². The van der Waals surface area contributed by atoms with Gasteiger partial charge in [0, 0.05) is 17.9 Å². The van der Waals surface area contributed by atoms with Crippen LogP contribution in [0.3, 0.4) is 0 Å². The van der Waals surface area contributed by atoms with Gasteiger partial charge in [0.2, 0.25) is 0 Å². The third kappa shape index (κ3) is 2.89. The Kier molecular flexibility index (Phi) is 4.09. The molecule has 0 heterocycles. The van der Waals surface area contributed by atoms with Crippen LogP contribution < -0.4 is 4.90 Å². The summed E-state index contributed by atoms with van der Waals surface area (Å²) in [4.78, 5) is 2.17. The molecule has 0 N–H and O–H groups in total. The predicted molar refractivity (Wildman–Crippen MR) is 80.0 cm³/mol. The van der Waals surface area contributed by atoms with E-state index in [4.69, 9.17) is 16.9 Å². The van der Waals surface area contributed by atoms with E-state index < -0.39 is 0 Å². The van der Waals surface area contributed by atoms with Crippen LogP contribution in [0.25, 0.3) is 0 Å². The molecular weight excluding hydrogens is 256 g/mol. The molecule has 0 unspecified atom stereocenters. The highest BCUT2D eigenvalue weighted by atomic mass is 35.5. The van der Waals surface area contributed by atoms with Gasteiger partial charge in [-0.2, -0.15) is 5.26 Å². The maximum Gasteiger partial charge on any atom is 0.101 e. The first kappa shape index (κ1) is 13.5. The third-order valence-corrected chi connectivity index (χ3v) is 3.33. The number of hydrogen-bond acceptors (Lipinski definition) is 2. The van der Waals surface area contributed by atoms with Crippen LogP contribution in [0, 0.1) is 18.3 Å². The van der Waals surface area contributed by atoms with Crippen LogP contribution in [0.2, 0.25) is 5.02 Å². The lowest BCUT2D eigenvalue weighted by molar-refractivity contribution is 1.02. The van der Waals surface area contributed by atoms with Gasteiger partial charge in [-0.25, -0.2) is 0 Å². The Morgan fingerprint density at radius 1 is 1.16 bits per heavy atom. The van der Waals surface area contributed by atoms with E-state index in [1.807, 2.05) is 18.2 Å². The SMILES string of the molecule is CCN(c1cccc(C)c1)c1ccc(C#N)c(Cl)c1. The summed E-state index contributed by atoms with van der Waals surface area (Å²) < 4.78 is 0.